The fraction of sp³-hybridized carbons (Fsp3) is 0.250. The lowest BCUT2D eigenvalue weighted by atomic mass is 10.4. The van der Waals surface area contributed by atoms with Crippen molar-refractivity contribution in [3.05, 3.63) is 40.2 Å². The van der Waals surface area contributed by atoms with Crippen molar-refractivity contribution in [2.75, 3.05) is 11.6 Å². The van der Waals surface area contributed by atoms with E-state index in [4.69, 9.17) is 0 Å². The predicted molar refractivity (Wildman–Crippen MR) is 72.4 cm³/mol. The third-order valence-electron chi connectivity index (χ3n) is 2.21. The van der Waals surface area contributed by atoms with Gasteiger partial charge in [0.05, 0.1) is 16.9 Å². The van der Waals surface area contributed by atoms with Gasteiger partial charge in [0.25, 0.3) is 0 Å². The predicted octanol–water partition coefficient (Wildman–Crippen LogP) is 3.79. The van der Waals surface area contributed by atoms with E-state index in [1.807, 2.05) is 29.9 Å². The Morgan fingerprint density at radius 2 is 2.19 bits per heavy atom. The molecule has 4 heteroatoms. The number of nitrogens with zero attached hydrogens (tertiary/aromatic N) is 1. The molecule has 16 heavy (non-hydrogen) atoms. The number of rotatable bonds is 4. The molecule has 2 rings (SSSR count). The fourth-order valence-electron chi connectivity index (χ4n) is 1.37. The molecule has 0 saturated heterocycles. The molecular weight excluding hydrogens is 236 g/mol. The summed E-state index contributed by atoms with van der Waals surface area (Å²) in [5.41, 5.74) is 1.07. The lowest BCUT2D eigenvalue weighted by Gasteiger charge is -2.04. The van der Waals surface area contributed by atoms with Gasteiger partial charge in [0.15, 0.2) is 0 Å². The maximum absolute atomic E-state index is 4.32. The highest BCUT2D eigenvalue weighted by atomic mass is 32.2. The highest BCUT2D eigenvalue weighted by molar-refractivity contribution is 7.98. The first-order chi connectivity index (χ1) is 7.78. The van der Waals surface area contributed by atoms with Gasteiger partial charge in [0, 0.05) is 16.3 Å². The molecule has 2 aromatic rings. The van der Waals surface area contributed by atoms with Gasteiger partial charge >= 0.3 is 0 Å². The number of nitrogens with one attached hydrogen (secondary N) is 1. The van der Waals surface area contributed by atoms with Crippen LogP contribution < -0.4 is 5.32 Å². The molecule has 0 bridgehead atoms. The molecule has 0 spiro atoms. The molecule has 0 aromatic carbocycles. The number of anilines is 1. The van der Waals surface area contributed by atoms with E-state index in [-0.39, 0.29) is 0 Å². The van der Waals surface area contributed by atoms with E-state index in [9.17, 15) is 0 Å². The number of thioether (sulfide) groups is 1. The van der Waals surface area contributed by atoms with Crippen LogP contribution in [0.3, 0.4) is 0 Å². The van der Waals surface area contributed by atoms with E-state index in [0.717, 1.165) is 17.3 Å². The minimum atomic E-state index is 0.874. The summed E-state index contributed by atoms with van der Waals surface area (Å²) in [6.45, 7) is 3.00. The van der Waals surface area contributed by atoms with Crippen LogP contribution in [0.5, 0.6) is 0 Å². The van der Waals surface area contributed by atoms with E-state index >= 15 is 0 Å². The average Bonchev–Trinajstić information content (AvgIpc) is 2.73. The minimum absolute atomic E-state index is 0.874. The summed E-state index contributed by atoms with van der Waals surface area (Å²) in [5, 5.41) is 4.42. The Morgan fingerprint density at radius 1 is 1.31 bits per heavy atom. The van der Waals surface area contributed by atoms with Crippen LogP contribution in [-0.4, -0.2) is 11.2 Å². The van der Waals surface area contributed by atoms with Crippen LogP contribution in [0.15, 0.2) is 35.5 Å². The van der Waals surface area contributed by atoms with Crippen molar-refractivity contribution in [1.29, 1.82) is 0 Å². The Kier molecular flexibility index (Phi) is 3.85. The number of aromatic nitrogens is 1. The summed E-state index contributed by atoms with van der Waals surface area (Å²) < 4.78 is 0. The average molecular weight is 250 g/mol. The van der Waals surface area contributed by atoms with Gasteiger partial charge in [-0.05, 0) is 37.4 Å². The van der Waals surface area contributed by atoms with Crippen molar-refractivity contribution < 1.29 is 0 Å². The van der Waals surface area contributed by atoms with Crippen LogP contribution in [0.2, 0.25) is 0 Å². The molecule has 0 radical (unpaired) electrons. The molecule has 0 atom stereocenters. The molecule has 2 aromatic heterocycles. The fourth-order valence-corrected chi connectivity index (χ4v) is 2.57. The number of hydrogen-bond donors (Lipinski definition) is 1. The number of pyridine rings is 1. The van der Waals surface area contributed by atoms with Crippen molar-refractivity contribution in [1.82, 2.24) is 4.98 Å². The van der Waals surface area contributed by atoms with Gasteiger partial charge in [-0.3, -0.25) is 0 Å². The molecule has 0 aliphatic rings. The van der Waals surface area contributed by atoms with E-state index in [0.29, 0.717) is 0 Å². The van der Waals surface area contributed by atoms with Crippen LogP contribution in [0.25, 0.3) is 0 Å². The monoisotopic (exact) mass is 250 g/mol. The summed E-state index contributed by atoms with van der Waals surface area (Å²) in [6, 6.07) is 8.42. The first kappa shape index (κ1) is 11.5. The van der Waals surface area contributed by atoms with E-state index in [2.05, 4.69) is 35.4 Å². The maximum atomic E-state index is 4.32. The Balaban J connectivity index is 1.94. The molecule has 0 amide bonds. The zero-order chi connectivity index (χ0) is 11.4. The van der Waals surface area contributed by atoms with Crippen LogP contribution in [0.4, 0.5) is 5.69 Å². The highest BCUT2D eigenvalue weighted by Gasteiger charge is 1.97. The lowest BCUT2D eigenvalue weighted by Crippen LogP contribution is -1.97. The van der Waals surface area contributed by atoms with Gasteiger partial charge in [-0.25, -0.2) is 4.98 Å². The molecule has 0 aliphatic heterocycles. The lowest BCUT2D eigenvalue weighted by molar-refractivity contribution is 1.11. The van der Waals surface area contributed by atoms with Crippen LogP contribution in [0, 0.1) is 6.92 Å². The molecule has 2 nitrogen and oxygen atoms in total. The van der Waals surface area contributed by atoms with Gasteiger partial charge in [-0.1, -0.05) is 0 Å². The Labute approximate surface area is 104 Å². The van der Waals surface area contributed by atoms with Crippen molar-refractivity contribution in [3.8, 4) is 0 Å². The molecule has 0 aliphatic carbocycles. The van der Waals surface area contributed by atoms with Gasteiger partial charge in [-0.2, -0.15) is 0 Å². The first-order valence-electron chi connectivity index (χ1n) is 5.07. The molecule has 84 valence electrons. The second-order valence-electron chi connectivity index (χ2n) is 3.46. The zero-order valence-electron chi connectivity index (χ0n) is 9.36. The smallest absolute Gasteiger partial charge is 0.0958 e. The second kappa shape index (κ2) is 5.37. The zero-order valence-corrected chi connectivity index (χ0v) is 11.0. The third kappa shape index (κ3) is 3.00. The Bertz CT molecular complexity index is 448. The minimum Gasteiger partial charge on any atom is -0.379 e. The van der Waals surface area contributed by atoms with Gasteiger partial charge < -0.3 is 5.32 Å². The Morgan fingerprint density at radius 3 is 2.75 bits per heavy atom. The quantitative estimate of drug-likeness (QED) is 0.836. The second-order valence-corrected chi connectivity index (χ2v) is 5.65. The van der Waals surface area contributed by atoms with Gasteiger partial charge in [0.1, 0.15) is 0 Å². The molecule has 0 unspecified atom stereocenters. The number of thiophene rings is 1. The van der Waals surface area contributed by atoms with Gasteiger partial charge in [-0.15, -0.1) is 23.1 Å². The molecule has 1 N–H and O–H groups in total. The summed E-state index contributed by atoms with van der Waals surface area (Å²) in [4.78, 5) is 7.03. The topological polar surface area (TPSA) is 24.9 Å². The van der Waals surface area contributed by atoms with E-state index < -0.39 is 0 Å². The largest absolute Gasteiger partial charge is 0.379 e. The van der Waals surface area contributed by atoms with Crippen molar-refractivity contribution >= 4 is 28.8 Å². The summed E-state index contributed by atoms with van der Waals surface area (Å²) >= 11 is 3.49. The van der Waals surface area contributed by atoms with E-state index in [1.165, 1.54) is 9.75 Å². The normalized spacial score (nSPS) is 10.4. The standard InChI is InChI=1S/C12H14N2S2/c1-9-3-5-11(16-9)8-13-10-4-6-12(15-2)14-7-10/h3-7,13H,8H2,1-2H3. The first-order valence-corrected chi connectivity index (χ1v) is 7.11. The van der Waals surface area contributed by atoms with Crippen molar-refractivity contribution in [2.45, 2.75) is 18.5 Å². The third-order valence-corrected chi connectivity index (χ3v) is 3.87. The summed E-state index contributed by atoms with van der Waals surface area (Å²) in [7, 11) is 0. The summed E-state index contributed by atoms with van der Waals surface area (Å²) in [5.74, 6) is 0. The van der Waals surface area contributed by atoms with Crippen molar-refractivity contribution in [3.63, 3.8) is 0 Å². The molecular formula is C12H14N2S2. The van der Waals surface area contributed by atoms with Crippen LogP contribution >= 0.6 is 23.1 Å². The van der Waals surface area contributed by atoms with E-state index in [1.54, 1.807) is 11.8 Å². The van der Waals surface area contributed by atoms with Crippen molar-refractivity contribution in [2.24, 2.45) is 0 Å². The molecule has 0 saturated carbocycles. The number of hydrogen-bond acceptors (Lipinski definition) is 4. The van der Waals surface area contributed by atoms with Gasteiger partial charge in [0.2, 0.25) is 0 Å². The number of aryl methyl sites for hydroxylation is 1. The van der Waals surface area contributed by atoms with Crippen LogP contribution in [0.1, 0.15) is 9.75 Å². The molecule has 2 heterocycles. The Hall–Kier alpha value is -1.00. The highest BCUT2D eigenvalue weighted by Crippen LogP contribution is 2.18. The SMILES string of the molecule is CSc1ccc(NCc2ccc(C)s2)cn1. The maximum Gasteiger partial charge on any atom is 0.0958 e. The summed E-state index contributed by atoms with van der Waals surface area (Å²) in [6.07, 6.45) is 3.91. The van der Waals surface area contributed by atoms with Crippen LogP contribution in [-0.2, 0) is 6.54 Å². The molecule has 0 fully saturated rings.